The SMILES string of the molecule is CCc1nc(C2CSC(C)C(C)S2)sc1CN. The van der Waals surface area contributed by atoms with Gasteiger partial charge in [0.05, 0.1) is 10.9 Å². The molecule has 96 valence electrons. The number of nitrogens with two attached hydrogens (primary N) is 1. The molecule has 17 heavy (non-hydrogen) atoms. The minimum Gasteiger partial charge on any atom is -0.326 e. The molecule has 0 aliphatic carbocycles. The van der Waals surface area contributed by atoms with Crippen LogP contribution in [0.25, 0.3) is 0 Å². The first-order valence-electron chi connectivity index (χ1n) is 6.11. The van der Waals surface area contributed by atoms with Gasteiger partial charge in [-0.3, -0.25) is 0 Å². The maximum absolute atomic E-state index is 5.78. The van der Waals surface area contributed by atoms with E-state index in [1.54, 1.807) is 0 Å². The first-order chi connectivity index (χ1) is 8.15. The van der Waals surface area contributed by atoms with Crippen molar-refractivity contribution in [1.82, 2.24) is 4.98 Å². The van der Waals surface area contributed by atoms with Gasteiger partial charge in [-0.2, -0.15) is 11.8 Å². The van der Waals surface area contributed by atoms with Gasteiger partial charge >= 0.3 is 0 Å². The van der Waals surface area contributed by atoms with E-state index in [2.05, 4.69) is 44.3 Å². The summed E-state index contributed by atoms with van der Waals surface area (Å²) in [5.41, 5.74) is 6.99. The molecule has 3 unspecified atom stereocenters. The summed E-state index contributed by atoms with van der Waals surface area (Å²) in [5.74, 6) is 1.19. The molecule has 0 spiro atoms. The molecule has 5 heteroatoms. The molecular formula is C12H20N2S3. The smallest absolute Gasteiger partial charge is 0.107 e. The molecule has 2 rings (SSSR count). The predicted molar refractivity (Wildman–Crippen MR) is 81.1 cm³/mol. The lowest BCUT2D eigenvalue weighted by Gasteiger charge is -2.30. The fourth-order valence-corrected chi connectivity index (χ4v) is 6.11. The highest BCUT2D eigenvalue weighted by atomic mass is 32.2. The van der Waals surface area contributed by atoms with Crippen LogP contribution in [0.4, 0.5) is 0 Å². The minimum absolute atomic E-state index is 0.571. The van der Waals surface area contributed by atoms with E-state index in [0.29, 0.717) is 17.0 Å². The molecule has 0 bridgehead atoms. The predicted octanol–water partition coefficient (Wildman–Crippen LogP) is 3.46. The lowest BCUT2D eigenvalue weighted by Crippen LogP contribution is -2.21. The maximum Gasteiger partial charge on any atom is 0.107 e. The van der Waals surface area contributed by atoms with Crippen LogP contribution in [0.5, 0.6) is 0 Å². The monoisotopic (exact) mass is 288 g/mol. The molecule has 1 saturated heterocycles. The van der Waals surface area contributed by atoms with Gasteiger partial charge in [0.1, 0.15) is 5.01 Å². The van der Waals surface area contributed by atoms with Gasteiger partial charge in [-0.25, -0.2) is 4.98 Å². The van der Waals surface area contributed by atoms with Crippen molar-refractivity contribution in [1.29, 1.82) is 0 Å². The molecule has 1 fully saturated rings. The summed E-state index contributed by atoms with van der Waals surface area (Å²) < 4.78 is 0. The summed E-state index contributed by atoms with van der Waals surface area (Å²) in [6, 6.07) is 0. The van der Waals surface area contributed by atoms with E-state index in [1.807, 2.05) is 11.3 Å². The second-order valence-electron chi connectivity index (χ2n) is 4.35. The van der Waals surface area contributed by atoms with Gasteiger partial charge in [0.15, 0.2) is 0 Å². The van der Waals surface area contributed by atoms with Crippen LogP contribution in [-0.4, -0.2) is 21.2 Å². The Morgan fingerprint density at radius 3 is 2.65 bits per heavy atom. The Bertz CT molecular complexity index is 356. The van der Waals surface area contributed by atoms with Gasteiger partial charge in [-0.15, -0.1) is 23.1 Å². The van der Waals surface area contributed by atoms with E-state index in [0.717, 1.165) is 11.7 Å². The molecular weight excluding hydrogens is 268 g/mol. The summed E-state index contributed by atoms with van der Waals surface area (Å²) in [7, 11) is 0. The highest BCUT2D eigenvalue weighted by Crippen LogP contribution is 2.45. The minimum atomic E-state index is 0.571. The Morgan fingerprint density at radius 1 is 1.35 bits per heavy atom. The van der Waals surface area contributed by atoms with E-state index in [9.17, 15) is 0 Å². The van der Waals surface area contributed by atoms with Crippen molar-refractivity contribution in [2.75, 3.05) is 5.75 Å². The van der Waals surface area contributed by atoms with Crippen LogP contribution < -0.4 is 5.73 Å². The van der Waals surface area contributed by atoms with E-state index in [-0.39, 0.29) is 0 Å². The molecule has 0 saturated carbocycles. The maximum atomic E-state index is 5.78. The number of hydrogen-bond acceptors (Lipinski definition) is 5. The number of rotatable bonds is 3. The average molecular weight is 289 g/mol. The van der Waals surface area contributed by atoms with E-state index < -0.39 is 0 Å². The summed E-state index contributed by atoms with van der Waals surface area (Å²) >= 11 is 5.97. The van der Waals surface area contributed by atoms with Crippen molar-refractivity contribution < 1.29 is 0 Å². The highest BCUT2D eigenvalue weighted by molar-refractivity contribution is 8.07. The Kier molecular flexibility index (Phi) is 4.80. The van der Waals surface area contributed by atoms with E-state index in [4.69, 9.17) is 10.7 Å². The number of nitrogens with zero attached hydrogens (tertiary/aromatic N) is 1. The normalized spacial score (nSPS) is 29.5. The second kappa shape index (κ2) is 5.95. The molecule has 1 aromatic heterocycles. The quantitative estimate of drug-likeness (QED) is 0.924. The van der Waals surface area contributed by atoms with Gasteiger partial charge < -0.3 is 5.73 Å². The van der Waals surface area contributed by atoms with Crippen molar-refractivity contribution >= 4 is 34.9 Å². The Hall–Kier alpha value is 0.290. The summed E-state index contributed by atoms with van der Waals surface area (Å²) in [6.45, 7) is 7.44. The first kappa shape index (κ1) is 13.7. The van der Waals surface area contributed by atoms with E-state index >= 15 is 0 Å². The van der Waals surface area contributed by atoms with Gasteiger partial charge in [0.25, 0.3) is 0 Å². The number of thioether (sulfide) groups is 2. The number of aromatic nitrogens is 1. The fraction of sp³-hybridized carbons (Fsp3) is 0.750. The average Bonchev–Trinajstić information content (AvgIpc) is 2.75. The topological polar surface area (TPSA) is 38.9 Å². The van der Waals surface area contributed by atoms with Gasteiger partial charge in [0, 0.05) is 27.7 Å². The standard InChI is InChI=1S/C12H20N2S3/c1-4-9-10(5-13)17-12(14-9)11-6-15-7(2)8(3)16-11/h7-8,11H,4-6,13H2,1-3H3. The van der Waals surface area contributed by atoms with Crippen molar-refractivity contribution in [3.63, 3.8) is 0 Å². The van der Waals surface area contributed by atoms with Crippen LogP contribution in [-0.2, 0) is 13.0 Å². The number of hydrogen-bond donors (Lipinski definition) is 1. The number of aryl methyl sites for hydroxylation is 1. The summed E-state index contributed by atoms with van der Waals surface area (Å²) in [4.78, 5) is 6.06. The van der Waals surface area contributed by atoms with Crippen molar-refractivity contribution in [3.8, 4) is 0 Å². The lowest BCUT2D eigenvalue weighted by molar-refractivity contribution is 0.885. The third-order valence-corrected chi connectivity index (χ3v) is 7.92. The molecule has 1 aliphatic heterocycles. The molecule has 1 aromatic rings. The summed E-state index contributed by atoms with van der Waals surface area (Å²) in [5, 5.41) is 3.34. The molecule has 2 nitrogen and oxygen atoms in total. The summed E-state index contributed by atoms with van der Waals surface area (Å²) in [6.07, 6.45) is 1.000. The van der Waals surface area contributed by atoms with Crippen LogP contribution in [0.1, 0.15) is 41.6 Å². The molecule has 2 N–H and O–H groups in total. The van der Waals surface area contributed by atoms with Crippen molar-refractivity contribution in [3.05, 3.63) is 15.6 Å². The fourth-order valence-electron chi connectivity index (χ4n) is 1.89. The third kappa shape index (κ3) is 3.00. The molecule has 3 atom stereocenters. The molecule has 1 aliphatic rings. The zero-order chi connectivity index (χ0) is 12.4. The van der Waals surface area contributed by atoms with Gasteiger partial charge in [-0.1, -0.05) is 20.8 Å². The zero-order valence-corrected chi connectivity index (χ0v) is 13.1. The largest absolute Gasteiger partial charge is 0.326 e. The van der Waals surface area contributed by atoms with Gasteiger partial charge in [0.2, 0.25) is 0 Å². The van der Waals surface area contributed by atoms with Gasteiger partial charge in [-0.05, 0) is 6.42 Å². The molecule has 2 heterocycles. The molecule has 0 aromatic carbocycles. The molecule has 0 radical (unpaired) electrons. The van der Waals surface area contributed by atoms with Crippen LogP contribution >= 0.6 is 34.9 Å². The van der Waals surface area contributed by atoms with Crippen molar-refractivity contribution in [2.45, 2.75) is 49.5 Å². The Morgan fingerprint density at radius 2 is 2.12 bits per heavy atom. The third-order valence-electron chi connectivity index (χ3n) is 3.14. The van der Waals surface area contributed by atoms with Crippen LogP contribution in [0.15, 0.2) is 0 Å². The Labute approximate surface area is 116 Å². The molecule has 0 amide bonds. The Balaban J connectivity index is 2.14. The van der Waals surface area contributed by atoms with Crippen LogP contribution in [0, 0.1) is 0 Å². The van der Waals surface area contributed by atoms with Crippen LogP contribution in [0.2, 0.25) is 0 Å². The first-order valence-corrected chi connectivity index (χ1v) is 8.92. The number of thiazole rings is 1. The highest BCUT2D eigenvalue weighted by Gasteiger charge is 2.29. The second-order valence-corrected chi connectivity index (χ2v) is 8.46. The van der Waals surface area contributed by atoms with E-state index in [1.165, 1.54) is 21.3 Å². The van der Waals surface area contributed by atoms with Crippen molar-refractivity contribution in [2.24, 2.45) is 5.73 Å². The van der Waals surface area contributed by atoms with Crippen LogP contribution in [0.3, 0.4) is 0 Å². The zero-order valence-electron chi connectivity index (χ0n) is 10.6. The lowest BCUT2D eigenvalue weighted by atomic mass is 10.3.